The largest absolute Gasteiger partial charge is 0.456 e. The summed E-state index contributed by atoms with van der Waals surface area (Å²) in [5.74, 6) is 0.885. The summed E-state index contributed by atoms with van der Waals surface area (Å²) in [5.41, 5.74) is 2.43. The van der Waals surface area contributed by atoms with Crippen molar-refractivity contribution >= 4 is 17.6 Å². The number of carbonyl (C=O) groups excluding carboxylic acids is 2. The van der Waals surface area contributed by atoms with Crippen LogP contribution in [-0.4, -0.2) is 28.6 Å². The van der Waals surface area contributed by atoms with Crippen molar-refractivity contribution in [3.63, 3.8) is 0 Å². The number of nitrogens with zero attached hydrogens (tertiary/aromatic N) is 2. The smallest absolute Gasteiger partial charge is 0.306 e. The normalized spacial score (nSPS) is 10.5. The Hall–Kier alpha value is -4.46. The number of nitrogens with one attached hydrogen (secondary N) is 1. The summed E-state index contributed by atoms with van der Waals surface area (Å²) < 4.78 is 16.1. The lowest BCUT2D eigenvalue weighted by molar-refractivity contribution is -0.147. The van der Waals surface area contributed by atoms with Gasteiger partial charge in [0, 0.05) is 12.0 Å². The zero-order valence-corrected chi connectivity index (χ0v) is 18.6. The van der Waals surface area contributed by atoms with Gasteiger partial charge in [-0.15, -0.1) is 0 Å². The molecule has 8 heteroatoms. The van der Waals surface area contributed by atoms with Gasteiger partial charge in [-0.3, -0.25) is 9.59 Å². The minimum Gasteiger partial charge on any atom is -0.456 e. The van der Waals surface area contributed by atoms with Crippen LogP contribution in [0.4, 0.5) is 5.69 Å². The van der Waals surface area contributed by atoms with Gasteiger partial charge in [0.1, 0.15) is 5.75 Å². The maximum atomic E-state index is 12.3. The van der Waals surface area contributed by atoms with Crippen molar-refractivity contribution in [3.05, 3.63) is 90.3 Å². The van der Waals surface area contributed by atoms with Crippen molar-refractivity contribution in [3.8, 4) is 22.9 Å². The van der Waals surface area contributed by atoms with E-state index in [0.29, 0.717) is 28.9 Å². The third kappa shape index (κ3) is 6.29. The number of hydrogen-bond donors (Lipinski definition) is 1. The van der Waals surface area contributed by atoms with Gasteiger partial charge in [0.25, 0.3) is 5.91 Å². The Labute approximate surface area is 196 Å². The minimum atomic E-state index is -0.543. The summed E-state index contributed by atoms with van der Waals surface area (Å²) in [6, 6.07) is 24.0. The molecule has 0 saturated heterocycles. The summed E-state index contributed by atoms with van der Waals surface area (Å²) in [5, 5.41) is 6.64. The maximum absolute atomic E-state index is 12.3. The first kappa shape index (κ1) is 22.7. The lowest BCUT2D eigenvalue weighted by Gasteiger charge is -2.12. The molecule has 1 aromatic heterocycles. The standard InChI is InChI=1S/C26H23N3O5/c1-18-11-13-19(14-12-18)26-28-24(34-29-26)15-16-25(31)32-17-23(30)27-21-9-5-6-10-22(21)33-20-7-3-2-4-8-20/h2-14H,15-17H2,1H3,(H,27,30). The fraction of sp³-hybridized carbons (Fsp3) is 0.154. The van der Waals surface area contributed by atoms with Crippen LogP contribution < -0.4 is 10.1 Å². The first-order valence-electron chi connectivity index (χ1n) is 10.7. The van der Waals surface area contributed by atoms with E-state index in [0.717, 1.165) is 11.1 Å². The Bertz CT molecular complexity index is 1250. The van der Waals surface area contributed by atoms with Crippen molar-refractivity contribution in [2.75, 3.05) is 11.9 Å². The second-order valence-corrected chi connectivity index (χ2v) is 7.50. The van der Waals surface area contributed by atoms with Gasteiger partial charge < -0.3 is 19.3 Å². The van der Waals surface area contributed by atoms with Crippen molar-refractivity contribution in [1.29, 1.82) is 0 Å². The van der Waals surface area contributed by atoms with E-state index in [1.165, 1.54) is 0 Å². The molecule has 0 radical (unpaired) electrons. The van der Waals surface area contributed by atoms with Crippen LogP contribution in [0.2, 0.25) is 0 Å². The van der Waals surface area contributed by atoms with Crippen LogP contribution in [0.15, 0.2) is 83.4 Å². The van der Waals surface area contributed by atoms with Gasteiger partial charge in [-0.25, -0.2) is 0 Å². The fourth-order valence-electron chi connectivity index (χ4n) is 3.06. The highest BCUT2D eigenvalue weighted by Gasteiger charge is 2.14. The van der Waals surface area contributed by atoms with Crippen LogP contribution in [0.3, 0.4) is 0 Å². The van der Waals surface area contributed by atoms with Gasteiger partial charge in [-0.05, 0) is 31.2 Å². The van der Waals surface area contributed by atoms with Crippen LogP contribution in [0.1, 0.15) is 17.9 Å². The van der Waals surface area contributed by atoms with E-state index in [9.17, 15) is 9.59 Å². The first-order chi connectivity index (χ1) is 16.6. The SMILES string of the molecule is Cc1ccc(-c2noc(CCC(=O)OCC(=O)Nc3ccccc3Oc3ccccc3)n2)cc1. The van der Waals surface area contributed by atoms with Crippen LogP contribution in [0.25, 0.3) is 11.4 Å². The van der Waals surface area contributed by atoms with E-state index in [2.05, 4.69) is 15.5 Å². The number of anilines is 1. The van der Waals surface area contributed by atoms with Crippen LogP contribution >= 0.6 is 0 Å². The average Bonchev–Trinajstić information content (AvgIpc) is 3.33. The summed E-state index contributed by atoms with van der Waals surface area (Å²) in [6.07, 6.45) is 0.226. The number of para-hydroxylation sites is 3. The number of esters is 1. The molecule has 0 bridgehead atoms. The van der Waals surface area contributed by atoms with Gasteiger partial charge in [-0.2, -0.15) is 4.98 Å². The first-order valence-corrected chi connectivity index (χ1v) is 10.7. The second-order valence-electron chi connectivity index (χ2n) is 7.50. The van der Waals surface area contributed by atoms with Gasteiger partial charge in [0.15, 0.2) is 12.4 Å². The number of aryl methyl sites for hydroxylation is 2. The second kappa shape index (κ2) is 10.9. The molecule has 0 unspecified atom stereocenters. The van der Waals surface area contributed by atoms with Gasteiger partial charge >= 0.3 is 5.97 Å². The monoisotopic (exact) mass is 457 g/mol. The maximum Gasteiger partial charge on any atom is 0.306 e. The molecule has 1 heterocycles. The molecule has 0 fully saturated rings. The predicted octanol–water partition coefficient (Wildman–Crippen LogP) is 4.95. The lowest BCUT2D eigenvalue weighted by Crippen LogP contribution is -2.21. The number of carbonyl (C=O) groups is 2. The van der Waals surface area contributed by atoms with Gasteiger partial charge in [0.05, 0.1) is 12.1 Å². The quantitative estimate of drug-likeness (QED) is 0.355. The predicted molar refractivity (Wildman–Crippen MR) is 125 cm³/mol. The highest BCUT2D eigenvalue weighted by molar-refractivity contribution is 5.94. The summed E-state index contributed by atoms with van der Waals surface area (Å²) in [7, 11) is 0. The molecule has 8 nitrogen and oxygen atoms in total. The molecule has 0 atom stereocenters. The number of amides is 1. The number of rotatable bonds is 9. The van der Waals surface area contributed by atoms with Crippen LogP contribution in [0.5, 0.6) is 11.5 Å². The molecule has 0 aliphatic rings. The van der Waals surface area contributed by atoms with Gasteiger partial charge in [-0.1, -0.05) is 65.3 Å². The molecule has 0 aliphatic heterocycles. The molecule has 1 N–H and O–H groups in total. The Morgan fingerprint density at radius 3 is 2.47 bits per heavy atom. The van der Waals surface area contributed by atoms with E-state index in [-0.39, 0.29) is 12.8 Å². The van der Waals surface area contributed by atoms with E-state index in [4.69, 9.17) is 14.0 Å². The molecule has 0 aliphatic carbocycles. The molecule has 4 aromatic rings. The van der Waals surface area contributed by atoms with Gasteiger partial charge in [0.2, 0.25) is 11.7 Å². The van der Waals surface area contributed by atoms with E-state index < -0.39 is 18.5 Å². The minimum absolute atomic E-state index is 0.0104. The number of aromatic nitrogens is 2. The third-order valence-electron chi connectivity index (χ3n) is 4.82. The highest BCUT2D eigenvalue weighted by Crippen LogP contribution is 2.29. The molecular weight excluding hydrogens is 434 g/mol. The Morgan fingerprint density at radius 1 is 0.941 bits per heavy atom. The third-order valence-corrected chi connectivity index (χ3v) is 4.82. The van der Waals surface area contributed by atoms with E-state index >= 15 is 0 Å². The summed E-state index contributed by atoms with van der Waals surface area (Å²) in [4.78, 5) is 28.7. The van der Waals surface area contributed by atoms with Crippen molar-refractivity contribution < 1.29 is 23.6 Å². The molecule has 3 aromatic carbocycles. The van der Waals surface area contributed by atoms with Crippen molar-refractivity contribution in [1.82, 2.24) is 10.1 Å². The summed E-state index contributed by atoms with van der Waals surface area (Å²) in [6.45, 7) is 1.57. The van der Waals surface area contributed by atoms with Crippen molar-refractivity contribution in [2.24, 2.45) is 0 Å². The molecule has 1 amide bonds. The number of ether oxygens (including phenoxy) is 2. The number of hydrogen-bond acceptors (Lipinski definition) is 7. The van der Waals surface area contributed by atoms with E-state index in [1.807, 2.05) is 61.5 Å². The molecule has 34 heavy (non-hydrogen) atoms. The topological polar surface area (TPSA) is 104 Å². The zero-order valence-electron chi connectivity index (χ0n) is 18.6. The molecule has 4 rings (SSSR count). The Balaban J connectivity index is 1.24. The Kier molecular flexibility index (Phi) is 7.29. The Morgan fingerprint density at radius 2 is 1.68 bits per heavy atom. The fourth-order valence-corrected chi connectivity index (χ4v) is 3.06. The molecular formula is C26H23N3O5. The number of benzene rings is 3. The summed E-state index contributed by atoms with van der Waals surface area (Å²) >= 11 is 0. The molecule has 172 valence electrons. The zero-order chi connectivity index (χ0) is 23.8. The van der Waals surface area contributed by atoms with E-state index in [1.54, 1.807) is 24.3 Å². The average molecular weight is 457 g/mol. The van der Waals surface area contributed by atoms with Crippen molar-refractivity contribution in [2.45, 2.75) is 19.8 Å². The molecule has 0 spiro atoms. The highest BCUT2D eigenvalue weighted by atomic mass is 16.5. The lowest BCUT2D eigenvalue weighted by atomic mass is 10.1. The van der Waals surface area contributed by atoms with Crippen LogP contribution in [-0.2, 0) is 20.7 Å². The van der Waals surface area contributed by atoms with Crippen LogP contribution in [0, 0.1) is 6.92 Å². The molecule has 0 saturated carbocycles.